The molecule has 0 aromatic heterocycles. The predicted octanol–water partition coefficient (Wildman–Crippen LogP) is -0.503. The fourth-order valence-electron chi connectivity index (χ4n) is 2.55. The highest BCUT2D eigenvalue weighted by Crippen LogP contribution is 2.12. The van der Waals surface area contributed by atoms with Gasteiger partial charge in [-0.3, -0.25) is 14.4 Å². The van der Waals surface area contributed by atoms with Gasteiger partial charge in [-0.25, -0.2) is 4.79 Å². The van der Waals surface area contributed by atoms with E-state index >= 15 is 0 Å². The molecule has 0 aliphatic carbocycles. The van der Waals surface area contributed by atoms with E-state index in [1.54, 1.807) is 26.0 Å². The third-order valence-corrected chi connectivity index (χ3v) is 4.40. The van der Waals surface area contributed by atoms with Crippen molar-refractivity contribution in [3.05, 3.63) is 29.8 Å². The van der Waals surface area contributed by atoms with Gasteiger partial charge in [0.15, 0.2) is 0 Å². The number of carbonyl (C=O) groups is 4. The number of hydrogen-bond acceptors (Lipinski definition) is 6. The summed E-state index contributed by atoms with van der Waals surface area (Å²) in [6, 6.07) is 2.01. The Kier molecular flexibility index (Phi) is 9.25. The summed E-state index contributed by atoms with van der Waals surface area (Å²) < 4.78 is 0. The molecular weight excluding hydrogens is 392 g/mol. The Hall–Kier alpha value is -3.14. The van der Waals surface area contributed by atoms with E-state index in [2.05, 4.69) is 16.0 Å². The topological polar surface area (TPSA) is 171 Å². The van der Waals surface area contributed by atoms with E-state index in [4.69, 9.17) is 5.73 Å². The SMILES string of the molecule is CC(N)C(=O)NC(C)C(=O)NC(C(=O)NC(Cc1ccc(O)cc1)C(=O)O)C(C)C. The van der Waals surface area contributed by atoms with E-state index in [0.717, 1.165) is 0 Å². The zero-order valence-electron chi connectivity index (χ0n) is 17.5. The Morgan fingerprint density at radius 1 is 0.900 bits per heavy atom. The number of phenolic OH excluding ortho intramolecular Hbond substituents is 1. The fraction of sp³-hybridized carbons (Fsp3) is 0.500. The van der Waals surface area contributed by atoms with Crippen molar-refractivity contribution in [1.29, 1.82) is 0 Å². The monoisotopic (exact) mass is 422 g/mol. The minimum atomic E-state index is -1.23. The molecule has 1 aromatic carbocycles. The van der Waals surface area contributed by atoms with Gasteiger partial charge in [0.25, 0.3) is 0 Å². The molecule has 10 heteroatoms. The second-order valence-corrected chi connectivity index (χ2v) is 7.52. The maximum absolute atomic E-state index is 12.7. The number of benzene rings is 1. The molecule has 0 saturated carbocycles. The van der Waals surface area contributed by atoms with E-state index in [9.17, 15) is 29.4 Å². The normalized spacial score (nSPS) is 14.9. The number of nitrogens with one attached hydrogen (secondary N) is 3. The highest BCUT2D eigenvalue weighted by Gasteiger charge is 2.30. The summed E-state index contributed by atoms with van der Waals surface area (Å²) in [6.45, 7) is 6.33. The van der Waals surface area contributed by atoms with Crippen molar-refractivity contribution in [2.75, 3.05) is 0 Å². The molecule has 0 spiro atoms. The fourth-order valence-corrected chi connectivity index (χ4v) is 2.55. The number of aliphatic carboxylic acids is 1. The summed E-state index contributed by atoms with van der Waals surface area (Å²) in [7, 11) is 0. The molecule has 0 saturated heterocycles. The summed E-state index contributed by atoms with van der Waals surface area (Å²) in [5, 5.41) is 26.2. The summed E-state index contributed by atoms with van der Waals surface area (Å²) in [6.07, 6.45) is 0.000956. The van der Waals surface area contributed by atoms with Crippen molar-refractivity contribution < 1.29 is 29.4 Å². The summed E-state index contributed by atoms with van der Waals surface area (Å²) >= 11 is 0. The van der Waals surface area contributed by atoms with Crippen LogP contribution >= 0.6 is 0 Å². The van der Waals surface area contributed by atoms with Gasteiger partial charge in [-0.1, -0.05) is 26.0 Å². The Balaban J connectivity index is 2.82. The van der Waals surface area contributed by atoms with Crippen LogP contribution in [0.2, 0.25) is 0 Å². The number of phenols is 1. The van der Waals surface area contributed by atoms with Crippen LogP contribution in [0, 0.1) is 5.92 Å². The van der Waals surface area contributed by atoms with Crippen molar-refractivity contribution in [3.63, 3.8) is 0 Å². The van der Waals surface area contributed by atoms with Crippen LogP contribution in [0.1, 0.15) is 33.3 Å². The lowest BCUT2D eigenvalue weighted by Gasteiger charge is -2.26. The van der Waals surface area contributed by atoms with Crippen LogP contribution in [0.5, 0.6) is 5.75 Å². The lowest BCUT2D eigenvalue weighted by molar-refractivity contribution is -0.142. The van der Waals surface area contributed by atoms with E-state index in [1.807, 2.05) is 0 Å². The van der Waals surface area contributed by atoms with Crippen molar-refractivity contribution in [2.45, 2.75) is 58.3 Å². The van der Waals surface area contributed by atoms with Crippen LogP contribution in [0.3, 0.4) is 0 Å². The van der Waals surface area contributed by atoms with Crippen molar-refractivity contribution in [1.82, 2.24) is 16.0 Å². The van der Waals surface area contributed by atoms with E-state index in [-0.39, 0.29) is 18.1 Å². The number of carboxylic acid groups (broad SMARTS) is 1. The number of aromatic hydroxyl groups is 1. The first kappa shape index (κ1) is 24.9. The number of nitrogens with two attached hydrogens (primary N) is 1. The number of hydrogen-bond donors (Lipinski definition) is 6. The number of amides is 3. The quantitative estimate of drug-likeness (QED) is 0.295. The predicted molar refractivity (Wildman–Crippen MR) is 109 cm³/mol. The molecule has 10 nitrogen and oxygen atoms in total. The zero-order chi connectivity index (χ0) is 23.0. The Labute approximate surface area is 175 Å². The largest absolute Gasteiger partial charge is 0.508 e. The average Bonchev–Trinajstić information content (AvgIpc) is 2.66. The van der Waals surface area contributed by atoms with Crippen LogP contribution in [0.25, 0.3) is 0 Å². The van der Waals surface area contributed by atoms with Gasteiger partial charge in [0.1, 0.15) is 23.9 Å². The highest BCUT2D eigenvalue weighted by molar-refractivity contribution is 5.94. The van der Waals surface area contributed by atoms with Crippen LogP contribution in [0.4, 0.5) is 0 Å². The first-order valence-corrected chi connectivity index (χ1v) is 9.59. The molecule has 4 unspecified atom stereocenters. The number of carbonyl (C=O) groups excluding carboxylic acids is 3. The standard InChI is InChI=1S/C20H30N4O6/c1-10(2)16(24-18(27)12(4)22-17(26)11(3)21)19(28)23-15(20(29)30)9-13-5-7-14(25)8-6-13/h5-8,10-12,15-16,25H,9,21H2,1-4H3,(H,22,26)(H,23,28)(H,24,27)(H,29,30). The third-order valence-electron chi connectivity index (χ3n) is 4.40. The molecule has 1 aromatic rings. The van der Waals surface area contributed by atoms with Crippen molar-refractivity contribution >= 4 is 23.7 Å². The number of rotatable bonds is 10. The lowest BCUT2D eigenvalue weighted by atomic mass is 10.0. The number of carboxylic acids is 1. The second-order valence-electron chi connectivity index (χ2n) is 7.52. The molecule has 166 valence electrons. The summed E-state index contributed by atoms with van der Waals surface area (Å²) in [5.74, 6) is -3.29. The van der Waals surface area contributed by atoms with Gasteiger partial charge in [0.2, 0.25) is 17.7 Å². The smallest absolute Gasteiger partial charge is 0.326 e. The molecule has 0 bridgehead atoms. The molecule has 0 radical (unpaired) electrons. The average molecular weight is 422 g/mol. The van der Waals surface area contributed by atoms with Gasteiger partial charge in [-0.15, -0.1) is 0 Å². The molecule has 3 amide bonds. The molecule has 0 fully saturated rings. The van der Waals surface area contributed by atoms with Gasteiger partial charge in [0, 0.05) is 6.42 Å². The van der Waals surface area contributed by atoms with Crippen LogP contribution < -0.4 is 21.7 Å². The Morgan fingerprint density at radius 3 is 1.93 bits per heavy atom. The molecule has 1 rings (SSSR count). The molecule has 7 N–H and O–H groups in total. The van der Waals surface area contributed by atoms with Gasteiger partial charge < -0.3 is 31.9 Å². The summed E-state index contributed by atoms with van der Waals surface area (Å²) in [4.78, 5) is 48.3. The lowest BCUT2D eigenvalue weighted by Crippen LogP contribution is -2.57. The minimum Gasteiger partial charge on any atom is -0.508 e. The van der Waals surface area contributed by atoms with Gasteiger partial charge in [-0.05, 0) is 37.5 Å². The van der Waals surface area contributed by atoms with Crippen LogP contribution in [-0.2, 0) is 25.6 Å². The minimum absolute atomic E-state index is 0.000956. The first-order chi connectivity index (χ1) is 13.9. The van der Waals surface area contributed by atoms with Crippen molar-refractivity contribution in [2.24, 2.45) is 11.7 Å². The molecular formula is C20H30N4O6. The van der Waals surface area contributed by atoms with Crippen LogP contribution in [0.15, 0.2) is 24.3 Å². The maximum atomic E-state index is 12.7. The molecule has 0 aliphatic rings. The summed E-state index contributed by atoms with van der Waals surface area (Å²) in [5.41, 5.74) is 6.07. The van der Waals surface area contributed by atoms with Gasteiger partial charge in [0.05, 0.1) is 6.04 Å². The first-order valence-electron chi connectivity index (χ1n) is 9.59. The second kappa shape index (κ2) is 11.1. The molecule has 0 heterocycles. The maximum Gasteiger partial charge on any atom is 0.326 e. The van der Waals surface area contributed by atoms with Crippen molar-refractivity contribution in [3.8, 4) is 5.75 Å². The van der Waals surface area contributed by atoms with Crippen LogP contribution in [-0.4, -0.2) is 58.1 Å². The van der Waals surface area contributed by atoms with E-state index in [0.29, 0.717) is 5.56 Å². The molecule has 30 heavy (non-hydrogen) atoms. The molecule has 4 atom stereocenters. The zero-order valence-corrected chi connectivity index (χ0v) is 17.5. The van der Waals surface area contributed by atoms with E-state index < -0.39 is 47.9 Å². The molecule has 0 aliphatic heterocycles. The third kappa shape index (κ3) is 7.70. The Morgan fingerprint density at radius 2 is 1.47 bits per heavy atom. The Bertz CT molecular complexity index is 763. The van der Waals surface area contributed by atoms with Gasteiger partial charge in [-0.2, -0.15) is 0 Å². The van der Waals surface area contributed by atoms with E-state index in [1.165, 1.54) is 26.0 Å². The van der Waals surface area contributed by atoms with Gasteiger partial charge >= 0.3 is 5.97 Å². The highest BCUT2D eigenvalue weighted by atomic mass is 16.4.